The van der Waals surface area contributed by atoms with Gasteiger partial charge in [0.25, 0.3) is 17.7 Å². The number of likely N-dealkylation sites (N-methyl/N-ethyl adjacent to an activating group) is 1. The van der Waals surface area contributed by atoms with E-state index in [0.717, 1.165) is 30.8 Å². The highest BCUT2D eigenvalue weighted by Crippen LogP contribution is 2.26. The fourth-order valence-electron chi connectivity index (χ4n) is 5.69. The molecule has 0 unspecified atom stereocenters. The molecule has 58 heavy (non-hydrogen) atoms. The third-order valence-corrected chi connectivity index (χ3v) is 8.58. The minimum atomic E-state index is -0.518. The fourth-order valence-corrected chi connectivity index (χ4v) is 5.69. The summed E-state index contributed by atoms with van der Waals surface area (Å²) in [6, 6.07) is 21.3. The van der Waals surface area contributed by atoms with Gasteiger partial charge in [0.1, 0.15) is 5.60 Å². The van der Waals surface area contributed by atoms with Crippen LogP contribution < -0.4 is 15.5 Å². The first-order valence-electron chi connectivity index (χ1n) is 19.6. The molecule has 0 spiro atoms. The number of benzene rings is 3. The number of aromatic nitrogens is 2. The Balaban J connectivity index is 1.30. The van der Waals surface area contributed by atoms with E-state index >= 15 is 0 Å². The number of hydrogen-bond acceptors (Lipinski definition) is 11. The molecule has 14 heteroatoms. The molecule has 0 atom stereocenters. The maximum absolute atomic E-state index is 13.8. The number of amides is 3. The molecule has 310 valence electrons. The number of anilines is 3. The standard InChI is InChI=1S/C44H56N6O8/c1-7-20-50(8-2)36-17-18-38(37(29-36)42(53)47-35-30-45-40(46-31-35)32-13-10-9-11-14-32)48-41(52)33-15-12-16-34(28-33)43(54)49(6)21-23-56-25-27-57-26-24-55-22-19-39(51)58-44(3,4)5/h9-18,28-31H,7-8,19-27H2,1-6H3,(H,47,53)(H,48,52). The van der Waals surface area contributed by atoms with Crippen molar-refractivity contribution in [3.63, 3.8) is 0 Å². The lowest BCUT2D eigenvalue weighted by Crippen LogP contribution is -2.30. The molecule has 0 aliphatic carbocycles. The summed E-state index contributed by atoms with van der Waals surface area (Å²) in [5, 5.41) is 5.76. The minimum absolute atomic E-state index is 0.181. The third kappa shape index (κ3) is 14.7. The summed E-state index contributed by atoms with van der Waals surface area (Å²) in [6.07, 6.45) is 4.19. The summed E-state index contributed by atoms with van der Waals surface area (Å²) in [4.78, 5) is 64.9. The number of esters is 1. The molecular formula is C44H56N6O8. The predicted molar refractivity (Wildman–Crippen MR) is 224 cm³/mol. The number of ether oxygens (including phenoxy) is 4. The number of hydrogen-bond donors (Lipinski definition) is 2. The summed E-state index contributed by atoms with van der Waals surface area (Å²) in [7, 11) is 1.66. The Labute approximate surface area is 341 Å². The van der Waals surface area contributed by atoms with Crippen LogP contribution in [-0.2, 0) is 23.7 Å². The molecule has 4 aromatic rings. The van der Waals surface area contributed by atoms with Crippen LogP contribution in [0.15, 0.2) is 85.2 Å². The van der Waals surface area contributed by atoms with Crippen molar-refractivity contribution in [1.29, 1.82) is 0 Å². The Bertz CT molecular complexity index is 1930. The summed E-state index contributed by atoms with van der Waals surface area (Å²) >= 11 is 0. The summed E-state index contributed by atoms with van der Waals surface area (Å²) < 4.78 is 21.8. The molecule has 0 fully saturated rings. The quantitative estimate of drug-likeness (QED) is 0.0641. The van der Waals surface area contributed by atoms with Crippen molar-refractivity contribution in [2.45, 2.75) is 53.1 Å². The van der Waals surface area contributed by atoms with Gasteiger partial charge in [-0.15, -0.1) is 0 Å². The highest BCUT2D eigenvalue weighted by Gasteiger charge is 2.20. The van der Waals surface area contributed by atoms with Crippen molar-refractivity contribution < 1.29 is 38.1 Å². The van der Waals surface area contributed by atoms with E-state index in [4.69, 9.17) is 18.9 Å². The van der Waals surface area contributed by atoms with E-state index in [2.05, 4.69) is 32.4 Å². The van der Waals surface area contributed by atoms with Crippen LogP contribution in [0, 0.1) is 0 Å². The minimum Gasteiger partial charge on any atom is -0.460 e. The van der Waals surface area contributed by atoms with E-state index in [1.807, 2.05) is 64.1 Å². The molecule has 0 aliphatic rings. The summed E-state index contributed by atoms with van der Waals surface area (Å²) in [5.41, 5.74) is 2.72. The number of nitrogens with one attached hydrogen (secondary N) is 2. The van der Waals surface area contributed by atoms with E-state index in [9.17, 15) is 19.2 Å². The molecule has 0 radical (unpaired) electrons. The highest BCUT2D eigenvalue weighted by atomic mass is 16.6. The van der Waals surface area contributed by atoms with Crippen LogP contribution in [0.25, 0.3) is 11.4 Å². The van der Waals surface area contributed by atoms with E-state index in [1.165, 1.54) is 11.0 Å². The average molecular weight is 797 g/mol. The topological polar surface area (TPSA) is 162 Å². The molecule has 2 N–H and O–H groups in total. The zero-order chi connectivity index (χ0) is 41.9. The van der Waals surface area contributed by atoms with Crippen LogP contribution in [-0.4, -0.2) is 110 Å². The van der Waals surface area contributed by atoms with Crippen LogP contribution >= 0.6 is 0 Å². The van der Waals surface area contributed by atoms with Gasteiger partial charge in [0, 0.05) is 49.1 Å². The van der Waals surface area contributed by atoms with Crippen LogP contribution in [0.5, 0.6) is 0 Å². The average Bonchev–Trinajstić information content (AvgIpc) is 3.21. The van der Waals surface area contributed by atoms with Gasteiger partial charge >= 0.3 is 5.97 Å². The van der Waals surface area contributed by atoms with Gasteiger partial charge in [-0.3, -0.25) is 19.2 Å². The van der Waals surface area contributed by atoms with Crippen molar-refractivity contribution in [3.8, 4) is 11.4 Å². The van der Waals surface area contributed by atoms with Crippen LogP contribution in [0.3, 0.4) is 0 Å². The van der Waals surface area contributed by atoms with Crippen molar-refractivity contribution in [1.82, 2.24) is 14.9 Å². The number of nitrogens with zero attached hydrogens (tertiary/aromatic N) is 4. The van der Waals surface area contributed by atoms with E-state index in [0.29, 0.717) is 55.7 Å². The molecule has 0 aliphatic heterocycles. The van der Waals surface area contributed by atoms with E-state index in [1.54, 1.807) is 49.8 Å². The maximum Gasteiger partial charge on any atom is 0.308 e. The lowest BCUT2D eigenvalue weighted by molar-refractivity contribution is -0.156. The lowest BCUT2D eigenvalue weighted by atomic mass is 10.1. The monoisotopic (exact) mass is 796 g/mol. The number of carbonyl (C=O) groups is 4. The molecule has 3 aromatic carbocycles. The van der Waals surface area contributed by atoms with Crippen LogP contribution in [0.1, 0.15) is 78.5 Å². The predicted octanol–water partition coefficient (Wildman–Crippen LogP) is 6.74. The molecule has 3 amide bonds. The zero-order valence-electron chi connectivity index (χ0n) is 34.4. The second kappa shape index (κ2) is 22.9. The van der Waals surface area contributed by atoms with Crippen molar-refractivity contribution in [2.24, 2.45) is 0 Å². The smallest absolute Gasteiger partial charge is 0.308 e. The highest BCUT2D eigenvalue weighted by molar-refractivity contribution is 6.13. The van der Waals surface area contributed by atoms with Gasteiger partial charge in [0.2, 0.25) is 0 Å². The Morgan fingerprint density at radius 1 is 0.707 bits per heavy atom. The van der Waals surface area contributed by atoms with Crippen LogP contribution in [0.4, 0.5) is 17.1 Å². The van der Waals surface area contributed by atoms with E-state index < -0.39 is 17.4 Å². The Kier molecular flexibility index (Phi) is 17.8. The van der Waals surface area contributed by atoms with Gasteiger partial charge < -0.3 is 39.4 Å². The number of carbonyl (C=O) groups excluding carboxylic acids is 4. The summed E-state index contributed by atoms with van der Waals surface area (Å²) in [6.45, 7) is 13.4. The Morgan fingerprint density at radius 2 is 1.36 bits per heavy atom. The third-order valence-electron chi connectivity index (χ3n) is 8.58. The maximum atomic E-state index is 13.8. The fraction of sp³-hybridized carbons (Fsp3) is 0.409. The van der Waals surface area contributed by atoms with Gasteiger partial charge in [0.15, 0.2) is 5.82 Å². The zero-order valence-corrected chi connectivity index (χ0v) is 34.4. The van der Waals surface area contributed by atoms with E-state index in [-0.39, 0.29) is 42.6 Å². The first kappa shape index (κ1) is 45.0. The molecule has 1 heterocycles. The molecule has 14 nitrogen and oxygen atoms in total. The second-order valence-electron chi connectivity index (χ2n) is 14.4. The largest absolute Gasteiger partial charge is 0.460 e. The molecule has 1 aromatic heterocycles. The van der Waals surface area contributed by atoms with Crippen LogP contribution in [0.2, 0.25) is 0 Å². The molecule has 0 saturated carbocycles. The Morgan fingerprint density at radius 3 is 2.02 bits per heavy atom. The first-order chi connectivity index (χ1) is 27.9. The second-order valence-corrected chi connectivity index (χ2v) is 14.4. The number of rotatable bonds is 22. The molecule has 4 rings (SSSR count). The van der Waals surface area contributed by atoms with Crippen molar-refractivity contribution in [2.75, 3.05) is 81.9 Å². The van der Waals surface area contributed by atoms with Gasteiger partial charge in [-0.05, 0) is 70.5 Å². The SMILES string of the molecule is CCCN(CC)c1ccc(NC(=O)c2cccc(C(=O)N(C)CCOCCOCCOCCC(=O)OC(C)(C)C)c2)c(C(=O)Nc2cnc(-c3ccccc3)nc2)c1. The van der Waals surface area contributed by atoms with Crippen molar-refractivity contribution in [3.05, 3.63) is 102 Å². The molecular weight excluding hydrogens is 741 g/mol. The van der Waals surface area contributed by atoms with Crippen molar-refractivity contribution >= 4 is 40.8 Å². The normalized spacial score (nSPS) is 11.1. The van der Waals surface area contributed by atoms with Gasteiger partial charge in [-0.2, -0.15) is 0 Å². The Hall–Kier alpha value is -5.70. The van der Waals surface area contributed by atoms with Gasteiger partial charge in [-0.1, -0.05) is 43.3 Å². The molecule has 0 bridgehead atoms. The lowest BCUT2D eigenvalue weighted by Gasteiger charge is -2.24. The first-order valence-corrected chi connectivity index (χ1v) is 19.6. The van der Waals surface area contributed by atoms with Gasteiger partial charge in [0.05, 0.1) is 75.4 Å². The van der Waals surface area contributed by atoms with Gasteiger partial charge in [-0.25, -0.2) is 9.97 Å². The molecule has 0 saturated heterocycles. The summed E-state index contributed by atoms with van der Waals surface area (Å²) in [5.74, 6) is -0.976.